The van der Waals surface area contributed by atoms with Gasteiger partial charge in [0.05, 0.1) is 51.6 Å². The molecule has 2 saturated heterocycles. The van der Waals surface area contributed by atoms with Crippen LogP contribution in [0, 0.1) is 0 Å². The fourth-order valence-corrected chi connectivity index (χ4v) is 5.67. The van der Waals surface area contributed by atoms with E-state index >= 15 is 0 Å². The molecule has 214 valence electrons. The lowest BCUT2D eigenvalue weighted by molar-refractivity contribution is -0.907. The van der Waals surface area contributed by atoms with E-state index in [4.69, 9.17) is 18.9 Å². The number of aliphatic hydroxyl groups is 1. The molecule has 0 saturated carbocycles. The molecule has 2 N–H and O–H groups in total. The van der Waals surface area contributed by atoms with Crippen molar-refractivity contribution >= 4 is 17.4 Å². The molecule has 3 aliphatic heterocycles. The Hall–Kier alpha value is -3.56. The zero-order chi connectivity index (χ0) is 28.2. The van der Waals surface area contributed by atoms with E-state index in [1.165, 1.54) is 4.90 Å². The van der Waals surface area contributed by atoms with Gasteiger partial charge < -0.3 is 33.9 Å². The van der Waals surface area contributed by atoms with E-state index in [0.717, 1.165) is 37.2 Å². The van der Waals surface area contributed by atoms with Crippen LogP contribution in [0.4, 0.5) is 0 Å². The Balaban J connectivity index is 1.53. The molecule has 2 aromatic carbocycles. The minimum atomic E-state index is -0.762. The maximum Gasteiger partial charge on any atom is 0.295 e. The molecule has 2 aromatic rings. The molecule has 1 amide bonds. The third kappa shape index (κ3) is 5.67. The van der Waals surface area contributed by atoms with Crippen molar-refractivity contribution in [1.29, 1.82) is 0 Å². The number of fused-ring (bicyclic) bond motifs is 1. The average molecular weight is 552 g/mol. The van der Waals surface area contributed by atoms with Gasteiger partial charge in [-0.3, -0.25) is 9.59 Å². The Kier molecular flexibility index (Phi) is 8.61. The Labute approximate surface area is 235 Å². The number of likely N-dealkylation sites (tertiary alicyclic amines) is 1. The number of aliphatic hydroxyl groups excluding tert-OH is 1. The molecule has 2 atom stereocenters. The second-order valence-electron chi connectivity index (χ2n) is 10.7. The van der Waals surface area contributed by atoms with Crippen LogP contribution in [0.2, 0.25) is 0 Å². The van der Waals surface area contributed by atoms with Crippen LogP contribution in [-0.4, -0.2) is 80.9 Å². The number of benzene rings is 2. The molecule has 0 bridgehead atoms. The maximum absolute atomic E-state index is 13.5. The number of ketones is 1. The van der Waals surface area contributed by atoms with Gasteiger partial charge in [0, 0.05) is 12.0 Å². The monoisotopic (exact) mass is 551 g/mol. The SMILES string of the molecule is CCCCOc1ccc([C@H]2C(=C(O)c3ccc4c(c3)C[C@@H](C)O4)C(=O)C(=O)N2CC[NH+]2CCOCC2)cc1OC. The van der Waals surface area contributed by atoms with E-state index in [1.54, 1.807) is 24.1 Å². The predicted octanol–water partition coefficient (Wildman–Crippen LogP) is 2.53. The van der Waals surface area contributed by atoms with Gasteiger partial charge in [-0.2, -0.15) is 0 Å². The number of Topliss-reactive ketones (excluding diaryl/α,β-unsaturated/α-hetero) is 1. The molecule has 0 unspecified atom stereocenters. The smallest absolute Gasteiger partial charge is 0.295 e. The highest BCUT2D eigenvalue weighted by atomic mass is 16.5. The Morgan fingerprint density at radius 3 is 2.67 bits per heavy atom. The maximum atomic E-state index is 13.5. The number of ether oxygens (including phenoxy) is 4. The largest absolute Gasteiger partial charge is 0.507 e. The summed E-state index contributed by atoms with van der Waals surface area (Å²) < 4.78 is 22.8. The molecule has 9 heteroatoms. The first kappa shape index (κ1) is 28.0. The summed E-state index contributed by atoms with van der Waals surface area (Å²) in [5.74, 6) is 0.405. The van der Waals surface area contributed by atoms with Gasteiger partial charge in [0.15, 0.2) is 11.5 Å². The van der Waals surface area contributed by atoms with Crippen molar-refractivity contribution in [3.8, 4) is 17.2 Å². The fraction of sp³-hybridized carbons (Fsp3) is 0.484. The number of carbonyl (C=O) groups is 2. The third-order valence-corrected chi connectivity index (χ3v) is 7.87. The summed E-state index contributed by atoms with van der Waals surface area (Å²) in [5, 5.41) is 11.6. The van der Waals surface area contributed by atoms with Crippen LogP contribution in [-0.2, 0) is 20.7 Å². The number of amides is 1. The Morgan fingerprint density at radius 2 is 1.93 bits per heavy atom. The van der Waals surface area contributed by atoms with Crippen molar-refractivity contribution in [3.63, 3.8) is 0 Å². The molecule has 40 heavy (non-hydrogen) atoms. The molecular weight excluding hydrogens is 512 g/mol. The molecule has 3 aliphatic rings. The number of nitrogens with one attached hydrogen (secondary N) is 1. The number of hydrogen-bond acceptors (Lipinski definition) is 7. The van der Waals surface area contributed by atoms with Crippen LogP contribution in [0.5, 0.6) is 17.2 Å². The van der Waals surface area contributed by atoms with Gasteiger partial charge in [-0.15, -0.1) is 0 Å². The minimum absolute atomic E-state index is 0.0474. The highest BCUT2D eigenvalue weighted by Gasteiger charge is 2.46. The van der Waals surface area contributed by atoms with Crippen molar-refractivity contribution in [2.24, 2.45) is 0 Å². The second-order valence-corrected chi connectivity index (χ2v) is 10.7. The first-order valence-corrected chi connectivity index (χ1v) is 14.2. The number of morpholine rings is 1. The van der Waals surface area contributed by atoms with Crippen LogP contribution >= 0.6 is 0 Å². The summed E-state index contributed by atoms with van der Waals surface area (Å²) in [4.78, 5) is 29.9. The van der Waals surface area contributed by atoms with Gasteiger partial charge in [0.25, 0.3) is 11.7 Å². The van der Waals surface area contributed by atoms with Crippen LogP contribution in [0.3, 0.4) is 0 Å². The fourth-order valence-electron chi connectivity index (χ4n) is 5.67. The Bertz CT molecular complexity index is 1280. The molecule has 0 aromatic heterocycles. The van der Waals surface area contributed by atoms with Gasteiger partial charge in [0.1, 0.15) is 30.7 Å². The standard InChI is InChI=1S/C31H38N2O7/c1-4-5-14-39-25-9-6-21(19-26(25)37-3)28-27(29(34)22-7-8-24-23(18-22)17-20(2)40-24)30(35)31(36)33(28)11-10-32-12-15-38-16-13-32/h6-9,18-20,28,34H,4-5,10-17H2,1-3H3/p+1/t20-,28+/m1/s1. The van der Waals surface area contributed by atoms with Gasteiger partial charge in [-0.05, 0) is 54.8 Å². The summed E-state index contributed by atoms with van der Waals surface area (Å²) >= 11 is 0. The van der Waals surface area contributed by atoms with Gasteiger partial charge in [-0.25, -0.2) is 0 Å². The molecule has 5 rings (SSSR count). The highest BCUT2D eigenvalue weighted by Crippen LogP contribution is 2.42. The summed E-state index contributed by atoms with van der Waals surface area (Å²) in [6, 6.07) is 10.1. The van der Waals surface area contributed by atoms with E-state index < -0.39 is 17.7 Å². The van der Waals surface area contributed by atoms with E-state index in [-0.39, 0.29) is 17.4 Å². The van der Waals surface area contributed by atoms with Crippen LogP contribution in [0.15, 0.2) is 42.0 Å². The van der Waals surface area contributed by atoms with Crippen molar-refractivity contribution in [1.82, 2.24) is 4.90 Å². The predicted molar refractivity (Wildman–Crippen MR) is 149 cm³/mol. The van der Waals surface area contributed by atoms with E-state index in [2.05, 4.69) is 6.92 Å². The van der Waals surface area contributed by atoms with Crippen molar-refractivity contribution in [3.05, 3.63) is 58.7 Å². The third-order valence-electron chi connectivity index (χ3n) is 7.87. The molecular formula is C31H39N2O7+. The summed E-state index contributed by atoms with van der Waals surface area (Å²) in [6.45, 7) is 8.75. The van der Waals surface area contributed by atoms with E-state index in [0.29, 0.717) is 62.0 Å². The lowest BCUT2D eigenvalue weighted by Crippen LogP contribution is -3.14. The van der Waals surface area contributed by atoms with E-state index in [9.17, 15) is 14.7 Å². The topological polar surface area (TPSA) is 99.0 Å². The molecule has 0 aliphatic carbocycles. The number of rotatable bonds is 10. The molecule has 0 radical (unpaired) electrons. The second kappa shape index (κ2) is 12.3. The van der Waals surface area contributed by atoms with Crippen molar-refractivity contribution in [2.75, 3.05) is 53.1 Å². The summed E-state index contributed by atoms with van der Waals surface area (Å²) in [5.41, 5.74) is 2.21. The van der Waals surface area contributed by atoms with E-state index in [1.807, 2.05) is 31.2 Å². The van der Waals surface area contributed by atoms with Crippen LogP contribution < -0.4 is 19.1 Å². The summed E-state index contributed by atoms with van der Waals surface area (Å²) in [6.07, 6.45) is 2.69. The average Bonchev–Trinajstić information content (AvgIpc) is 3.47. The summed E-state index contributed by atoms with van der Waals surface area (Å²) in [7, 11) is 1.57. The normalized spacial score (nSPS) is 22.3. The number of unbranched alkanes of at least 4 members (excludes halogenated alkanes) is 1. The van der Waals surface area contributed by atoms with Crippen molar-refractivity contribution in [2.45, 2.75) is 45.3 Å². The highest BCUT2D eigenvalue weighted by molar-refractivity contribution is 6.46. The van der Waals surface area contributed by atoms with Crippen LogP contribution in [0.25, 0.3) is 5.76 Å². The quantitative estimate of drug-likeness (QED) is 0.203. The first-order valence-electron chi connectivity index (χ1n) is 14.2. The molecule has 0 spiro atoms. The van der Waals surface area contributed by atoms with Gasteiger partial charge >= 0.3 is 0 Å². The van der Waals surface area contributed by atoms with Gasteiger partial charge in [0.2, 0.25) is 0 Å². The molecule has 2 fully saturated rings. The number of carbonyl (C=O) groups excluding carboxylic acids is 2. The van der Waals surface area contributed by atoms with Crippen molar-refractivity contribution < 1.29 is 38.5 Å². The Morgan fingerprint density at radius 1 is 1.12 bits per heavy atom. The number of methoxy groups -OCH3 is 1. The molecule has 9 nitrogen and oxygen atoms in total. The minimum Gasteiger partial charge on any atom is -0.507 e. The van der Waals surface area contributed by atoms with Crippen LogP contribution in [0.1, 0.15) is 49.4 Å². The number of nitrogens with zero attached hydrogens (tertiary/aromatic N) is 1. The lowest BCUT2D eigenvalue weighted by Gasteiger charge is -2.29. The first-order chi connectivity index (χ1) is 19.4. The lowest BCUT2D eigenvalue weighted by atomic mass is 9.94. The number of hydrogen-bond donors (Lipinski definition) is 2. The zero-order valence-corrected chi connectivity index (χ0v) is 23.5. The number of quaternary nitrogens is 1. The van der Waals surface area contributed by atoms with Gasteiger partial charge in [-0.1, -0.05) is 19.4 Å². The zero-order valence-electron chi connectivity index (χ0n) is 23.5. The molecule has 3 heterocycles.